The number of para-hydroxylation sites is 4. The van der Waals surface area contributed by atoms with E-state index >= 15 is 0 Å². The minimum Gasteiger partial charge on any atom is -0.306 e. The first-order chi connectivity index (χ1) is 31.2. The highest BCUT2D eigenvalue weighted by atomic mass is 32.1. The maximum absolute atomic E-state index is 11.5. The van der Waals surface area contributed by atoms with Crippen LogP contribution in [0.1, 0.15) is 11.1 Å². The van der Waals surface area contributed by atoms with Gasteiger partial charge in [0, 0.05) is 72.7 Å². The lowest BCUT2D eigenvalue weighted by molar-refractivity contribution is 1.04. The van der Waals surface area contributed by atoms with E-state index in [1.807, 2.05) is 28.7 Å². The summed E-state index contributed by atoms with van der Waals surface area (Å²) in [4.78, 5) is 0. The molecule has 0 radical (unpaired) electrons. The van der Waals surface area contributed by atoms with E-state index in [0.29, 0.717) is 11.1 Å². The van der Waals surface area contributed by atoms with Crippen molar-refractivity contribution in [2.45, 2.75) is 0 Å². The molecule has 63 heavy (non-hydrogen) atoms. The molecule has 0 amide bonds. The number of aromatic nitrogens is 3. The maximum Gasteiger partial charge on any atom is 0.101 e. The fourth-order valence-electron chi connectivity index (χ4n) is 10.6. The second-order valence-electron chi connectivity index (χ2n) is 16.2. The van der Waals surface area contributed by atoms with E-state index in [1.54, 1.807) is 0 Å². The third-order valence-electron chi connectivity index (χ3n) is 13.1. The van der Waals surface area contributed by atoms with Crippen molar-refractivity contribution in [2.75, 3.05) is 0 Å². The summed E-state index contributed by atoms with van der Waals surface area (Å²) >= 11 is 3.63. The highest BCUT2D eigenvalue weighted by Crippen LogP contribution is 2.49. The second kappa shape index (κ2) is 12.7. The molecule has 0 aliphatic rings. The van der Waals surface area contributed by atoms with E-state index in [-0.39, 0.29) is 0 Å². The number of hydrogen-bond acceptors (Lipinski definition) is 4. The van der Waals surface area contributed by atoms with Gasteiger partial charge in [-0.1, -0.05) is 121 Å². The molecule has 0 saturated carbocycles. The van der Waals surface area contributed by atoms with Crippen LogP contribution in [0.5, 0.6) is 0 Å². The molecule has 0 unspecified atom stereocenters. The van der Waals surface area contributed by atoms with Crippen LogP contribution in [0.4, 0.5) is 0 Å². The average Bonchev–Trinajstić information content (AvgIpc) is 4.14. The van der Waals surface area contributed by atoms with E-state index in [4.69, 9.17) is 0 Å². The lowest BCUT2D eigenvalue weighted by Gasteiger charge is -2.24. The lowest BCUT2D eigenvalue weighted by Crippen LogP contribution is -2.13. The zero-order valence-corrected chi connectivity index (χ0v) is 34.9. The molecule has 0 aliphatic heterocycles. The van der Waals surface area contributed by atoms with Gasteiger partial charge in [0.25, 0.3) is 0 Å². The molecule has 0 N–H and O–H groups in total. The molecule has 0 fully saturated rings. The second-order valence-corrected chi connectivity index (χ2v) is 18.3. The predicted molar refractivity (Wildman–Crippen MR) is 265 cm³/mol. The van der Waals surface area contributed by atoms with Crippen molar-refractivity contribution >= 4 is 128 Å². The summed E-state index contributed by atoms with van der Waals surface area (Å²) in [6.07, 6.45) is 0. The van der Waals surface area contributed by atoms with Crippen LogP contribution in [0.25, 0.3) is 123 Å². The fourth-order valence-corrected chi connectivity index (χ4v) is 13.1. The van der Waals surface area contributed by atoms with Gasteiger partial charge in [0.15, 0.2) is 0 Å². The van der Waals surface area contributed by atoms with Gasteiger partial charge < -0.3 is 13.7 Å². The van der Waals surface area contributed by atoms with Gasteiger partial charge in [0.1, 0.15) is 12.1 Å². The molecule has 0 spiro atoms. The number of hydrogen-bond donors (Lipinski definition) is 0. The van der Waals surface area contributed by atoms with Gasteiger partial charge in [0.05, 0.1) is 61.3 Å². The Morgan fingerprint density at radius 3 is 1.10 bits per heavy atom. The summed E-state index contributed by atoms with van der Waals surface area (Å²) in [7, 11) is 0. The molecule has 7 heteroatoms. The van der Waals surface area contributed by atoms with Crippen LogP contribution in [0.15, 0.2) is 176 Å². The monoisotopic (exact) mass is 835 g/mol. The summed E-state index contributed by atoms with van der Waals surface area (Å²) in [5, 5.41) is 34.5. The summed E-state index contributed by atoms with van der Waals surface area (Å²) < 4.78 is 11.8. The first-order valence-electron chi connectivity index (χ1n) is 20.9. The number of nitrogens with zero attached hydrogens (tertiary/aromatic N) is 5. The van der Waals surface area contributed by atoms with Crippen LogP contribution in [0, 0.1) is 22.7 Å². The number of thiophene rings is 2. The normalized spacial score (nSPS) is 12.1. The molecule has 0 aliphatic carbocycles. The highest BCUT2D eigenvalue weighted by Gasteiger charge is 2.30. The zero-order valence-electron chi connectivity index (χ0n) is 33.3. The standard InChI is InChI=1S/C56H29N5S2/c57-30-32-29-33(31-58)53(61-45-22-10-4-18-41(45)51-47(61)28-26-39-37-16-6-12-24-49(37)63-56(39)51)54(59-42-19-7-1-13-34(42)35-14-2-8-20-43(35)59)52(32)60-44-21-9-3-17-40(44)50-46(60)27-25-38-36-15-5-11-23-48(36)62-55(38)50/h1-29H. The van der Waals surface area contributed by atoms with E-state index in [0.717, 1.165) is 82.5 Å². The van der Waals surface area contributed by atoms with E-state index in [2.05, 4.69) is 196 Å². The van der Waals surface area contributed by atoms with E-state index in [1.165, 1.54) is 40.3 Å². The zero-order chi connectivity index (χ0) is 41.5. The molecule has 9 aromatic carbocycles. The molecule has 14 aromatic rings. The highest BCUT2D eigenvalue weighted by molar-refractivity contribution is 7.27. The van der Waals surface area contributed by atoms with E-state index < -0.39 is 0 Å². The summed E-state index contributed by atoms with van der Waals surface area (Å²) in [6, 6.07) is 67.4. The van der Waals surface area contributed by atoms with Gasteiger partial charge in [-0.2, -0.15) is 10.5 Å². The Bertz CT molecular complexity index is 4140. The summed E-state index contributed by atoms with van der Waals surface area (Å²) in [6.45, 7) is 0. The molecule has 0 bridgehead atoms. The molecule has 14 rings (SSSR count). The van der Waals surface area contributed by atoms with Crippen LogP contribution in [-0.4, -0.2) is 13.7 Å². The van der Waals surface area contributed by atoms with Crippen molar-refractivity contribution in [3.63, 3.8) is 0 Å². The molecular weight excluding hydrogens is 807 g/mol. The van der Waals surface area contributed by atoms with Gasteiger partial charge in [0.2, 0.25) is 0 Å². The van der Waals surface area contributed by atoms with Crippen LogP contribution >= 0.6 is 22.7 Å². The topological polar surface area (TPSA) is 62.4 Å². The van der Waals surface area contributed by atoms with Gasteiger partial charge in [-0.3, -0.25) is 0 Å². The molecule has 290 valence electrons. The number of nitriles is 2. The summed E-state index contributed by atoms with van der Waals surface area (Å²) in [5.74, 6) is 0. The number of benzene rings is 9. The Kier molecular flexibility index (Phi) is 6.94. The quantitative estimate of drug-likeness (QED) is 0.178. The SMILES string of the molecule is N#Cc1cc(C#N)c(-n2c3ccccc3c3c4sc5ccccc5c4ccc32)c(-n2c3ccccc3c3ccccc32)c1-n1c2ccccc2c2c3sc4ccccc4c3ccc21. The Balaban J connectivity index is 1.25. The van der Waals surface area contributed by atoms with Gasteiger partial charge in [-0.25, -0.2) is 0 Å². The molecule has 0 atom stereocenters. The average molecular weight is 836 g/mol. The number of fused-ring (bicyclic) bond motifs is 17. The Morgan fingerprint density at radius 1 is 0.317 bits per heavy atom. The maximum atomic E-state index is 11.5. The molecular formula is C56H29N5S2. The van der Waals surface area contributed by atoms with Crippen molar-refractivity contribution in [3.8, 4) is 29.2 Å². The Hall–Kier alpha value is -8.20. The predicted octanol–water partition coefficient (Wildman–Crippen LogP) is 15.5. The van der Waals surface area contributed by atoms with Crippen molar-refractivity contribution in [1.29, 1.82) is 10.5 Å². The van der Waals surface area contributed by atoms with Crippen molar-refractivity contribution in [1.82, 2.24) is 13.7 Å². The van der Waals surface area contributed by atoms with Gasteiger partial charge >= 0.3 is 0 Å². The number of rotatable bonds is 3. The first-order valence-corrected chi connectivity index (χ1v) is 22.5. The minimum absolute atomic E-state index is 0.416. The van der Waals surface area contributed by atoms with Crippen molar-refractivity contribution in [2.24, 2.45) is 0 Å². The van der Waals surface area contributed by atoms with Crippen LogP contribution < -0.4 is 0 Å². The first kappa shape index (κ1) is 34.5. The van der Waals surface area contributed by atoms with Gasteiger partial charge in [-0.15, -0.1) is 22.7 Å². The van der Waals surface area contributed by atoms with Gasteiger partial charge in [-0.05, 0) is 54.6 Å². The molecule has 0 saturated heterocycles. The smallest absolute Gasteiger partial charge is 0.101 e. The Labute approximate surface area is 366 Å². The molecule has 5 nitrogen and oxygen atoms in total. The molecule has 5 aromatic heterocycles. The largest absolute Gasteiger partial charge is 0.306 e. The van der Waals surface area contributed by atoms with Crippen molar-refractivity contribution < 1.29 is 0 Å². The summed E-state index contributed by atoms with van der Waals surface area (Å²) in [5.41, 5.74) is 8.98. The van der Waals surface area contributed by atoms with Crippen LogP contribution in [0.2, 0.25) is 0 Å². The third kappa shape index (κ3) is 4.47. The third-order valence-corrected chi connectivity index (χ3v) is 15.5. The van der Waals surface area contributed by atoms with Crippen molar-refractivity contribution in [3.05, 3.63) is 187 Å². The fraction of sp³-hybridized carbons (Fsp3) is 0. The van der Waals surface area contributed by atoms with Crippen LogP contribution in [0.3, 0.4) is 0 Å². The molecule has 5 heterocycles. The Morgan fingerprint density at radius 2 is 0.667 bits per heavy atom. The minimum atomic E-state index is 0.416. The lowest BCUT2D eigenvalue weighted by atomic mass is 10.0. The van der Waals surface area contributed by atoms with Crippen LogP contribution in [-0.2, 0) is 0 Å². The van der Waals surface area contributed by atoms with E-state index in [9.17, 15) is 10.5 Å².